The van der Waals surface area contributed by atoms with Gasteiger partial charge in [-0.15, -0.1) is 0 Å². The van der Waals surface area contributed by atoms with E-state index in [0.29, 0.717) is 6.73 Å². The fraction of sp³-hybridized carbons (Fsp3) is 0.200. The first-order chi connectivity index (χ1) is 14.1. The Hall–Kier alpha value is -3.72. The number of H-pyrrole nitrogens is 1. The fourth-order valence-corrected chi connectivity index (χ4v) is 3.88. The molecule has 146 valence electrons. The molecule has 29 heavy (non-hydrogen) atoms. The summed E-state index contributed by atoms with van der Waals surface area (Å²) in [5, 5.41) is 15.0. The zero-order valence-corrected chi connectivity index (χ0v) is 15.9. The molecule has 0 aliphatic carbocycles. The lowest BCUT2D eigenvalue weighted by Crippen LogP contribution is -2.51. The molecule has 3 aliphatic rings. The normalized spacial score (nSPS) is 21.8. The van der Waals surface area contributed by atoms with Crippen molar-refractivity contribution in [2.45, 2.75) is 19.8 Å². The molecule has 1 aromatic heterocycles. The standard InChI is InChI=1S/C20H19N7O2/c1-11-9-22-20(23-13-3-5-16-15(7-13)12(2)24-25-16)27(19(11)26-29-20)14-4-6-18-17(8-14)21-10-28-18/h3-9,21,23,26H,10H2,1-2H3,(H,24,25). The third-order valence-corrected chi connectivity index (χ3v) is 5.39. The van der Waals surface area contributed by atoms with E-state index < -0.39 is 5.97 Å². The SMILES string of the molecule is CC1=C2NOC(Nc3ccc4n[nH]c(C)c4c3)(N=C1)N2c1ccc2c(c1)NCO2. The highest BCUT2D eigenvalue weighted by Crippen LogP contribution is 2.42. The summed E-state index contributed by atoms with van der Waals surface area (Å²) in [6.07, 6.45) is 1.81. The number of benzene rings is 2. The second-order valence-electron chi connectivity index (χ2n) is 7.29. The number of aryl methyl sites for hydroxylation is 1. The van der Waals surface area contributed by atoms with Crippen molar-refractivity contribution < 1.29 is 9.57 Å². The number of aliphatic imine (C=N–C) groups is 1. The van der Waals surface area contributed by atoms with Gasteiger partial charge in [-0.05, 0) is 50.2 Å². The van der Waals surface area contributed by atoms with Crippen LogP contribution in [0.2, 0.25) is 0 Å². The smallest absolute Gasteiger partial charge is 0.351 e. The number of rotatable bonds is 3. The van der Waals surface area contributed by atoms with E-state index in [-0.39, 0.29) is 0 Å². The van der Waals surface area contributed by atoms with Gasteiger partial charge in [-0.2, -0.15) is 5.10 Å². The van der Waals surface area contributed by atoms with Gasteiger partial charge in [0.05, 0.1) is 16.9 Å². The summed E-state index contributed by atoms with van der Waals surface area (Å²) in [6.45, 7) is 4.47. The maximum Gasteiger partial charge on any atom is 0.351 e. The highest BCUT2D eigenvalue weighted by Gasteiger charge is 2.49. The molecule has 2 bridgehead atoms. The zero-order chi connectivity index (χ0) is 19.6. The van der Waals surface area contributed by atoms with Crippen molar-refractivity contribution >= 4 is 34.2 Å². The lowest BCUT2D eigenvalue weighted by atomic mass is 10.1. The molecular formula is C20H19N7O2. The van der Waals surface area contributed by atoms with Crippen LogP contribution >= 0.6 is 0 Å². The number of nitrogens with zero attached hydrogens (tertiary/aromatic N) is 3. The van der Waals surface area contributed by atoms with E-state index in [1.54, 1.807) is 0 Å². The fourth-order valence-electron chi connectivity index (χ4n) is 3.88. The molecule has 3 aliphatic heterocycles. The minimum atomic E-state index is -1.14. The van der Waals surface area contributed by atoms with E-state index in [4.69, 9.17) is 14.6 Å². The van der Waals surface area contributed by atoms with Crippen LogP contribution in [-0.4, -0.2) is 29.1 Å². The Bertz CT molecular complexity index is 1210. The highest BCUT2D eigenvalue weighted by molar-refractivity contribution is 5.87. The molecule has 0 amide bonds. The number of allylic oxidation sites excluding steroid dienone is 1. The third kappa shape index (κ3) is 2.31. The van der Waals surface area contributed by atoms with Gasteiger partial charge in [-0.3, -0.25) is 10.00 Å². The number of aromatic nitrogens is 2. The van der Waals surface area contributed by atoms with Crippen LogP contribution in [0.5, 0.6) is 5.75 Å². The molecule has 2 aromatic carbocycles. The van der Waals surface area contributed by atoms with Gasteiger partial charge in [0.1, 0.15) is 11.6 Å². The van der Waals surface area contributed by atoms with E-state index >= 15 is 0 Å². The van der Waals surface area contributed by atoms with Gasteiger partial charge in [0.15, 0.2) is 6.73 Å². The highest BCUT2D eigenvalue weighted by atomic mass is 16.7. The number of anilines is 3. The Morgan fingerprint density at radius 2 is 2.10 bits per heavy atom. The van der Waals surface area contributed by atoms with Crippen molar-refractivity contribution in [2.24, 2.45) is 4.99 Å². The van der Waals surface area contributed by atoms with Crippen LogP contribution in [-0.2, 0) is 4.84 Å². The van der Waals surface area contributed by atoms with E-state index in [1.165, 1.54) is 0 Å². The van der Waals surface area contributed by atoms with E-state index in [1.807, 2.05) is 61.4 Å². The van der Waals surface area contributed by atoms with Crippen LogP contribution in [0.1, 0.15) is 12.6 Å². The first-order valence-electron chi connectivity index (χ1n) is 9.37. The lowest BCUT2D eigenvalue weighted by molar-refractivity contribution is -0.0214. The first-order valence-corrected chi connectivity index (χ1v) is 9.37. The average molecular weight is 389 g/mol. The van der Waals surface area contributed by atoms with Crippen LogP contribution in [0.25, 0.3) is 10.9 Å². The lowest BCUT2D eigenvalue weighted by Gasteiger charge is -2.36. The van der Waals surface area contributed by atoms with Gasteiger partial charge in [0.25, 0.3) is 0 Å². The predicted molar refractivity (Wildman–Crippen MR) is 111 cm³/mol. The number of nitrogens with one attached hydrogen (secondary N) is 4. The molecule has 1 atom stereocenters. The van der Waals surface area contributed by atoms with Gasteiger partial charge in [-0.25, -0.2) is 15.3 Å². The summed E-state index contributed by atoms with van der Waals surface area (Å²) in [5.41, 5.74) is 8.68. The van der Waals surface area contributed by atoms with Gasteiger partial charge < -0.3 is 15.4 Å². The first kappa shape index (κ1) is 16.3. The summed E-state index contributed by atoms with van der Waals surface area (Å²) in [4.78, 5) is 12.7. The Labute approximate surface area is 166 Å². The Balaban J connectivity index is 1.44. The minimum absolute atomic E-state index is 0.473. The van der Waals surface area contributed by atoms with Crippen LogP contribution in [0.4, 0.5) is 17.1 Å². The maximum absolute atomic E-state index is 5.98. The van der Waals surface area contributed by atoms with Gasteiger partial charge >= 0.3 is 5.97 Å². The van der Waals surface area contributed by atoms with E-state index in [9.17, 15) is 0 Å². The minimum Gasteiger partial charge on any atom is -0.471 e. The number of hydroxylamine groups is 1. The topological polar surface area (TPSA) is 98.8 Å². The summed E-state index contributed by atoms with van der Waals surface area (Å²) >= 11 is 0. The molecule has 9 nitrogen and oxygen atoms in total. The third-order valence-electron chi connectivity index (χ3n) is 5.39. The zero-order valence-electron chi connectivity index (χ0n) is 15.9. The number of aromatic amines is 1. The number of fused-ring (bicyclic) bond motifs is 4. The summed E-state index contributed by atoms with van der Waals surface area (Å²) < 4.78 is 5.55. The maximum atomic E-state index is 5.98. The molecule has 1 saturated heterocycles. The van der Waals surface area contributed by atoms with Crippen LogP contribution in [0.15, 0.2) is 52.8 Å². The van der Waals surface area contributed by atoms with Gasteiger partial charge in [0.2, 0.25) is 0 Å². The average Bonchev–Trinajstić information content (AvgIpc) is 3.41. The van der Waals surface area contributed by atoms with Crippen molar-refractivity contribution in [1.29, 1.82) is 0 Å². The van der Waals surface area contributed by atoms with Crippen molar-refractivity contribution in [3.8, 4) is 5.75 Å². The molecule has 4 N–H and O–H groups in total. The molecule has 9 heteroatoms. The second kappa shape index (κ2) is 5.65. The molecule has 1 fully saturated rings. The van der Waals surface area contributed by atoms with Crippen molar-refractivity contribution in [1.82, 2.24) is 15.7 Å². The van der Waals surface area contributed by atoms with Gasteiger partial charge in [0, 0.05) is 28.6 Å². The molecule has 0 spiro atoms. The quantitative estimate of drug-likeness (QED) is 0.547. The molecule has 1 unspecified atom stereocenters. The van der Waals surface area contributed by atoms with Crippen molar-refractivity contribution in [3.05, 3.63) is 53.5 Å². The van der Waals surface area contributed by atoms with Gasteiger partial charge in [-0.1, -0.05) is 0 Å². The Morgan fingerprint density at radius 3 is 3.03 bits per heavy atom. The van der Waals surface area contributed by atoms with E-state index in [0.717, 1.165) is 50.8 Å². The molecule has 4 heterocycles. The largest absolute Gasteiger partial charge is 0.471 e. The van der Waals surface area contributed by atoms with E-state index in [2.05, 4.69) is 26.3 Å². The Kier molecular flexibility index (Phi) is 3.16. The monoisotopic (exact) mass is 389 g/mol. The molecule has 3 aromatic rings. The second-order valence-corrected chi connectivity index (χ2v) is 7.29. The van der Waals surface area contributed by atoms with Crippen molar-refractivity contribution in [3.63, 3.8) is 0 Å². The summed E-state index contributed by atoms with van der Waals surface area (Å²) in [5.74, 6) is 0.532. The summed E-state index contributed by atoms with van der Waals surface area (Å²) in [6, 6.07) is 12.0. The van der Waals surface area contributed by atoms with Crippen LogP contribution in [0, 0.1) is 6.92 Å². The number of ether oxygens (including phenoxy) is 1. The van der Waals surface area contributed by atoms with Crippen LogP contribution in [0.3, 0.4) is 0 Å². The molecular weight excluding hydrogens is 370 g/mol. The predicted octanol–water partition coefficient (Wildman–Crippen LogP) is 3.01. The summed E-state index contributed by atoms with van der Waals surface area (Å²) in [7, 11) is 0. The number of hydrogen-bond donors (Lipinski definition) is 4. The van der Waals surface area contributed by atoms with Crippen molar-refractivity contribution in [2.75, 3.05) is 22.3 Å². The molecule has 6 rings (SSSR count). The van der Waals surface area contributed by atoms with Crippen LogP contribution < -0.4 is 25.8 Å². The molecule has 0 radical (unpaired) electrons. The number of hydrogen-bond acceptors (Lipinski definition) is 8. The molecule has 0 saturated carbocycles. The Morgan fingerprint density at radius 1 is 1.17 bits per heavy atom.